The summed E-state index contributed by atoms with van der Waals surface area (Å²) in [6, 6.07) is 20.4. The summed E-state index contributed by atoms with van der Waals surface area (Å²) < 4.78 is 5.53. The molecule has 3 N–H and O–H groups in total. The Hall–Kier alpha value is -2.47. The van der Waals surface area contributed by atoms with E-state index in [1.54, 1.807) is 0 Å². The maximum Gasteiger partial charge on any atom is 0.151 e. The summed E-state index contributed by atoms with van der Waals surface area (Å²) in [5, 5.41) is 22.5. The fraction of sp³-hybridized carbons (Fsp3) is 0.348. The van der Waals surface area contributed by atoms with E-state index in [1.807, 2.05) is 36.4 Å². The minimum atomic E-state index is -0.441. The van der Waals surface area contributed by atoms with Gasteiger partial charge in [0.2, 0.25) is 0 Å². The summed E-state index contributed by atoms with van der Waals surface area (Å²) in [5.74, 6) is 0.773. The predicted molar refractivity (Wildman–Crippen MR) is 108 cm³/mol. The molecule has 144 valence electrons. The number of fused-ring (bicyclic) bond motifs is 2. The van der Waals surface area contributed by atoms with Crippen LogP contribution in [0, 0.1) is 0 Å². The normalized spacial score (nSPS) is 23.0. The number of nitrogens with one attached hydrogen (secondary N) is 2. The molecule has 1 fully saturated rings. The van der Waals surface area contributed by atoms with Crippen molar-refractivity contribution in [3.05, 3.63) is 77.6 Å². The molecule has 3 aromatic rings. The first-order valence-electron chi connectivity index (χ1n) is 10.0. The first kappa shape index (κ1) is 17.6. The van der Waals surface area contributed by atoms with E-state index in [-0.39, 0.29) is 11.5 Å². The van der Waals surface area contributed by atoms with E-state index in [0.717, 1.165) is 42.9 Å². The summed E-state index contributed by atoms with van der Waals surface area (Å²) in [6.07, 6.45) is 1.48. The molecule has 0 radical (unpaired) electrons. The van der Waals surface area contributed by atoms with Crippen molar-refractivity contribution < 1.29 is 9.63 Å². The van der Waals surface area contributed by atoms with Crippen LogP contribution in [-0.2, 0) is 12.0 Å². The Bertz CT molecular complexity index is 947. The zero-order valence-electron chi connectivity index (χ0n) is 15.8. The number of benzene rings is 2. The van der Waals surface area contributed by atoms with Crippen molar-refractivity contribution in [3.8, 4) is 11.3 Å². The SMILES string of the molecule is O[C@@H]1[C@@H](NCc2cc(-c3ccccc3)no2)c2ccccc2C12CCNCC2. The van der Waals surface area contributed by atoms with E-state index in [0.29, 0.717) is 6.54 Å². The van der Waals surface area contributed by atoms with Crippen LogP contribution in [0.15, 0.2) is 65.2 Å². The van der Waals surface area contributed by atoms with Crippen molar-refractivity contribution in [2.75, 3.05) is 13.1 Å². The fourth-order valence-corrected chi connectivity index (χ4v) is 4.88. The highest BCUT2D eigenvalue weighted by Gasteiger charge is 2.51. The molecule has 5 nitrogen and oxygen atoms in total. The minimum absolute atomic E-state index is 0.0976. The lowest BCUT2D eigenvalue weighted by molar-refractivity contribution is 0.0432. The summed E-state index contributed by atoms with van der Waals surface area (Å²) in [4.78, 5) is 0. The number of aliphatic hydroxyl groups is 1. The lowest BCUT2D eigenvalue weighted by atomic mass is 9.72. The lowest BCUT2D eigenvalue weighted by Gasteiger charge is -2.39. The quantitative estimate of drug-likeness (QED) is 0.653. The second-order valence-corrected chi connectivity index (χ2v) is 7.84. The Labute approximate surface area is 164 Å². The van der Waals surface area contributed by atoms with Gasteiger partial charge in [0, 0.05) is 17.0 Å². The number of aromatic nitrogens is 1. The van der Waals surface area contributed by atoms with Crippen LogP contribution < -0.4 is 10.6 Å². The molecule has 2 aliphatic rings. The Morgan fingerprint density at radius 3 is 2.64 bits per heavy atom. The van der Waals surface area contributed by atoms with Gasteiger partial charge < -0.3 is 20.3 Å². The second kappa shape index (κ2) is 7.17. The molecule has 1 aliphatic heterocycles. The molecular weight excluding hydrogens is 350 g/mol. The minimum Gasteiger partial charge on any atom is -0.390 e. The Kier molecular flexibility index (Phi) is 4.51. The third kappa shape index (κ3) is 2.87. The van der Waals surface area contributed by atoms with Gasteiger partial charge in [-0.3, -0.25) is 0 Å². The first-order chi connectivity index (χ1) is 13.8. The van der Waals surface area contributed by atoms with Crippen molar-refractivity contribution in [3.63, 3.8) is 0 Å². The highest BCUT2D eigenvalue weighted by Crippen LogP contribution is 2.50. The van der Waals surface area contributed by atoms with Crippen molar-refractivity contribution in [1.82, 2.24) is 15.8 Å². The van der Waals surface area contributed by atoms with Crippen LogP contribution >= 0.6 is 0 Å². The van der Waals surface area contributed by atoms with Gasteiger partial charge in [-0.25, -0.2) is 0 Å². The van der Waals surface area contributed by atoms with E-state index >= 15 is 0 Å². The van der Waals surface area contributed by atoms with Crippen LogP contribution in [0.3, 0.4) is 0 Å². The molecule has 0 unspecified atom stereocenters. The van der Waals surface area contributed by atoms with Crippen molar-refractivity contribution in [2.45, 2.75) is 36.9 Å². The molecule has 2 heterocycles. The Morgan fingerprint density at radius 2 is 1.82 bits per heavy atom. The van der Waals surface area contributed by atoms with Crippen LogP contribution in [0.25, 0.3) is 11.3 Å². The van der Waals surface area contributed by atoms with Crippen LogP contribution in [-0.4, -0.2) is 29.5 Å². The molecule has 1 saturated heterocycles. The molecule has 1 aromatic heterocycles. The van der Waals surface area contributed by atoms with Gasteiger partial charge in [-0.2, -0.15) is 0 Å². The number of hydrogen-bond donors (Lipinski definition) is 3. The molecule has 1 spiro atoms. The molecule has 2 aromatic carbocycles. The monoisotopic (exact) mass is 375 g/mol. The van der Waals surface area contributed by atoms with Crippen LogP contribution in [0.5, 0.6) is 0 Å². The van der Waals surface area contributed by atoms with Gasteiger partial charge in [0.1, 0.15) is 5.69 Å². The number of rotatable bonds is 4. The summed E-state index contributed by atoms with van der Waals surface area (Å²) in [7, 11) is 0. The van der Waals surface area contributed by atoms with Gasteiger partial charge in [-0.15, -0.1) is 0 Å². The molecule has 0 bridgehead atoms. The van der Waals surface area contributed by atoms with E-state index in [1.165, 1.54) is 11.1 Å². The standard InChI is InChI=1S/C23H25N3O2/c27-22-21(18-8-4-5-9-19(18)23(22)10-12-24-13-11-23)25-15-17-14-20(26-28-17)16-6-2-1-3-7-16/h1-9,14,21-22,24-25,27H,10-13,15H2/t21-,22+/m0/s1. The maximum absolute atomic E-state index is 11.3. The molecule has 0 saturated carbocycles. The van der Waals surface area contributed by atoms with Crippen LogP contribution in [0.4, 0.5) is 0 Å². The van der Waals surface area contributed by atoms with Crippen molar-refractivity contribution in [1.29, 1.82) is 0 Å². The maximum atomic E-state index is 11.3. The molecule has 2 atom stereocenters. The average Bonchev–Trinajstić information content (AvgIpc) is 3.31. The van der Waals surface area contributed by atoms with E-state index in [4.69, 9.17) is 4.52 Å². The summed E-state index contributed by atoms with van der Waals surface area (Å²) >= 11 is 0. The van der Waals surface area contributed by atoms with Gasteiger partial charge in [0.25, 0.3) is 0 Å². The number of piperidine rings is 1. The van der Waals surface area contributed by atoms with E-state index < -0.39 is 6.10 Å². The van der Waals surface area contributed by atoms with Crippen molar-refractivity contribution in [2.24, 2.45) is 0 Å². The molecule has 5 rings (SSSR count). The Balaban J connectivity index is 1.37. The van der Waals surface area contributed by atoms with Crippen LogP contribution in [0.1, 0.15) is 35.8 Å². The zero-order valence-corrected chi connectivity index (χ0v) is 15.8. The zero-order chi connectivity index (χ0) is 19.0. The fourth-order valence-electron chi connectivity index (χ4n) is 4.88. The molecule has 1 aliphatic carbocycles. The summed E-state index contributed by atoms with van der Waals surface area (Å²) in [5.41, 5.74) is 4.22. The Morgan fingerprint density at radius 1 is 1.07 bits per heavy atom. The number of aliphatic hydroxyl groups excluding tert-OH is 1. The second-order valence-electron chi connectivity index (χ2n) is 7.84. The van der Waals surface area contributed by atoms with Gasteiger partial charge >= 0.3 is 0 Å². The number of hydrogen-bond acceptors (Lipinski definition) is 5. The average molecular weight is 375 g/mol. The molecule has 0 amide bonds. The molecule has 5 heteroatoms. The topological polar surface area (TPSA) is 70.3 Å². The summed E-state index contributed by atoms with van der Waals surface area (Å²) in [6.45, 7) is 2.42. The van der Waals surface area contributed by atoms with E-state index in [9.17, 15) is 5.11 Å². The predicted octanol–water partition coefficient (Wildman–Crippen LogP) is 3.17. The molecule has 28 heavy (non-hydrogen) atoms. The highest BCUT2D eigenvalue weighted by atomic mass is 16.5. The van der Waals surface area contributed by atoms with Gasteiger partial charge in [-0.05, 0) is 37.1 Å². The van der Waals surface area contributed by atoms with Crippen molar-refractivity contribution >= 4 is 0 Å². The highest BCUT2D eigenvalue weighted by molar-refractivity contribution is 5.58. The largest absolute Gasteiger partial charge is 0.390 e. The number of nitrogens with zero attached hydrogens (tertiary/aromatic N) is 1. The smallest absolute Gasteiger partial charge is 0.151 e. The third-order valence-electron chi connectivity index (χ3n) is 6.33. The van der Waals surface area contributed by atoms with Gasteiger partial charge in [-0.1, -0.05) is 59.8 Å². The van der Waals surface area contributed by atoms with E-state index in [2.05, 4.69) is 40.1 Å². The molecular formula is C23H25N3O2. The van der Waals surface area contributed by atoms with Crippen LogP contribution in [0.2, 0.25) is 0 Å². The van der Waals surface area contributed by atoms with Gasteiger partial charge in [0.15, 0.2) is 5.76 Å². The third-order valence-corrected chi connectivity index (χ3v) is 6.33. The lowest BCUT2D eigenvalue weighted by Crippen LogP contribution is -2.47. The van der Waals surface area contributed by atoms with Gasteiger partial charge in [0.05, 0.1) is 18.7 Å². The first-order valence-corrected chi connectivity index (χ1v) is 10.0.